The molecule has 6 nitrogen and oxygen atoms in total. The van der Waals surface area contributed by atoms with E-state index in [2.05, 4.69) is 11.4 Å². The van der Waals surface area contributed by atoms with Crippen LogP contribution in [0.1, 0.15) is 22.3 Å². The Morgan fingerprint density at radius 3 is 2.27 bits per heavy atom. The maximum absolute atomic E-state index is 13.7. The lowest BCUT2D eigenvalue weighted by Crippen LogP contribution is -2.39. The minimum atomic E-state index is -0.404. The van der Waals surface area contributed by atoms with Crippen LogP contribution in [-0.4, -0.2) is 15.0 Å². The van der Waals surface area contributed by atoms with Crippen LogP contribution in [0.25, 0.3) is 16.6 Å². The molecule has 5 rings (SSSR count). The fraction of sp³-hybridized carbons (Fsp3) is 0.129. The van der Waals surface area contributed by atoms with Gasteiger partial charge in [0, 0.05) is 5.69 Å². The number of nitrogens with zero attached hydrogens (tertiary/aromatic N) is 2. The van der Waals surface area contributed by atoms with Crippen LogP contribution in [0.15, 0.2) is 107 Å². The molecule has 184 valence electrons. The van der Waals surface area contributed by atoms with Crippen molar-refractivity contribution in [3.63, 3.8) is 0 Å². The van der Waals surface area contributed by atoms with Crippen LogP contribution in [0.5, 0.6) is 0 Å². The molecule has 0 aliphatic heterocycles. The highest BCUT2D eigenvalue weighted by atomic mass is 16.2. The standard InChI is InChI=1S/C31H27N3O3/c1-21-12-13-22(2)24(18-21)20-33-28-11-7-6-10-27(28)30(36)34(31(33)37)26-16-14-23(15-17-26)19-29(35)32-25-8-4-3-5-9-25/h3-18H,19-20H2,1-2H3,(H,32,35). The number of carbonyl (C=O) groups is 1. The summed E-state index contributed by atoms with van der Waals surface area (Å²) in [5.74, 6) is -0.141. The summed E-state index contributed by atoms with van der Waals surface area (Å²) < 4.78 is 2.86. The Hall–Kier alpha value is -4.71. The Morgan fingerprint density at radius 2 is 1.51 bits per heavy atom. The summed E-state index contributed by atoms with van der Waals surface area (Å²) in [6.45, 7) is 4.39. The lowest BCUT2D eigenvalue weighted by molar-refractivity contribution is -0.115. The van der Waals surface area contributed by atoms with E-state index >= 15 is 0 Å². The maximum atomic E-state index is 13.7. The topological polar surface area (TPSA) is 73.1 Å². The summed E-state index contributed by atoms with van der Waals surface area (Å²) in [6.07, 6.45) is 0.179. The van der Waals surface area contributed by atoms with Gasteiger partial charge >= 0.3 is 5.69 Å². The first-order chi connectivity index (χ1) is 17.9. The molecule has 0 bridgehead atoms. The van der Waals surface area contributed by atoms with Crippen molar-refractivity contribution < 1.29 is 4.79 Å². The molecule has 5 aromatic rings. The van der Waals surface area contributed by atoms with Gasteiger partial charge in [-0.25, -0.2) is 9.36 Å². The summed E-state index contributed by atoms with van der Waals surface area (Å²) in [5.41, 5.74) is 5.02. The first kappa shape index (κ1) is 24.0. The molecule has 1 heterocycles. The summed E-state index contributed by atoms with van der Waals surface area (Å²) in [4.78, 5) is 39.6. The number of carbonyl (C=O) groups excluding carboxylic acids is 1. The Labute approximate surface area is 214 Å². The summed E-state index contributed by atoms with van der Waals surface area (Å²) in [5, 5.41) is 3.34. The molecular formula is C31H27N3O3. The number of aromatic nitrogens is 2. The average molecular weight is 490 g/mol. The van der Waals surface area contributed by atoms with E-state index in [0.717, 1.165) is 27.9 Å². The van der Waals surface area contributed by atoms with E-state index in [-0.39, 0.29) is 17.9 Å². The van der Waals surface area contributed by atoms with Crippen molar-refractivity contribution in [1.29, 1.82) is 0 Å². The molecule has 0 spiro atoms. The number of amides is 1. The third-order valence-corrected chi connectivity index (χ3v) is 6.50. The first-order valence-corrected chi connectivity index (χ1v) is 12.2. The molecule has 0 atom stereocenters. The number of aryl methyl sites for hydroxylation is 2. The maximum Gasteiger partial charge on any atom is 0.336 e. The molecule has 0 fully saturated rings. The molecular weight excluding hydrogens is 462 g/mol. The van der Waals surface area contributed by atoms with Crippen molar-refractivity contribution in [2.75, 3.05) is 5.32 Å². The molecule has 0 radical (unpaired) electrons. The molecule has 0 aliphatic carbocycles. The van der Waals surface area contributed by atoms with Gasteiger partial charge in [0.05, 0.1) is 29.6 Å². The number of rotatable bonds is 6. The van der Waals surface area contributed by atoms with Gasteiger partial charge < -0.3 is 5.32 Å². The Bertz CT molecular complexity index is 1720. The van der Waals surface area contributed by atoms with Crippen LogP contribution < -0.4 is 16.6 Å². The molecule has 0 saturated heterocycles. The summed E-state index contributed by atoms with van der Waals surface area (Å²) in [7, 11) is 0. The van der Waals surface area contributed by atoms with Crippen molar-refractivity contribution in [1.82, 2.24) is 9.13 Å². The number of benzene rings is 4. The van der Waals surface area contributed by atoms with E-state index in [9.17, 15) is 14.4 Å². The second kappa shape index (κ2) is 10.1. The van der Waals surface area contributed by atoms with Crippen molar-refractivity contribution in [2.24, 2.45) is 0 Å². The SMILES string of the molecule is Cc1ccc(C)c(Cn2c(=O)n(-c3ccc(CC(=O)Nc4ccccc4)cc3)c(=O)c3ccccc32)c1. The predicted molar refractivity (Wildman–Crippen MR) is 148 cm³/mol. The number of nitrogens with one attached hydrogen (secondary N) is 1. The van der Waals surface area contributed by atoms with Crippen LogP contribution in [-0.2, 0) is 17.8 Å². The van der Waals surface area contributed by atoms with Crippen molar-refractivity contribution in [3.8, 4) is 5.69 Å². The van der Waals surface area contributed by atoms with E-state index < -0.39 is 5.69 Å². The van der Waals surface area contributed by atoms with Gasteiger partial charge in [0.15, 0.2) is 0 Å². The van der Waals surface area contributed by atoms with E-state index in [1.807, 2.05) is 68.4 Å². The molecule has 0 saturated carbocycles. The molecule has 1 aromatic heterocycles. The van der Waals surface area contributed by atoms with Gasteiger partial charge in [-0.15, -0.1) is 0 Å². The van der Waals surface area contributed by atoms with Crippen LogP contribution in [0, 0.1) is 13.8 Å². The van der Waals surface area contributed by atoms with E-state index in [1.165, 1.54) is 4.57 Å². The van der Waals surface area contributed by atoms with Gasteiger partial charge in [-0.1, -0.05) is 66.2 Å². The molecule has 1 N–H and O–H groups in total. The smallest absolute Gasteiger partial charge is 0.326 e. The van der Waals surface area contributed by atoms with Gasteiger partial charge in [0.1, 0.15) is 0 Å². The molecule has 0 unspecified atom stereocenters. The van der Waals surface area contributed by atoms with Crippen molar-refractivity contribution >= 4 is 22.5 Å². The minimum Gasteiger partial charge on any atom is -0.326 e. The van der Waals surface area contributed by atoms with Crippen molar-refractivity contribution in [3.05, 3.63) is 140 Å². The molecule has 1 amide bonds. The summed E-state index contributed by atoms with van der Waals surface area (Å²) >= 11 is 0. The fourth-order valence-corrected chi connectivity index (χ4v) is 4.52. The zero-order valence-corrected chi connectivity index (χ0v) is 20.8. The first-order valence-electron chi connectivity index (χ1n) is 12.2. The third-order valence-electron chi connectivity index (χ3n) is 6.50. The highest BCUT2D eigenvalue weighted by Crippen LogP contribution is 2.16. The normalized spacial score (nSPS) is 11.0. The van der Waals surface area contributed by atoms with Gasteiger partial charge in [-0.2, -0.15) is 0 Å². The van der Waals surface area contributed by atoms with Gasteiger partial charge in [-0.3, -0.25) is 14.2 Å². The highest BCUT2D eigenvalue weighted by Gasteiger charge is 2.16. The largest absolute Gasteiger partial charge is 0.336 e. The lowest BCUT2D eigenvalue weighted by Gasteiger charge is -2.16. The zero-order chi connectivity index (χ0) is 25.9. The zero-order valence-electron chi connectivity index (χ0n) is 20.8. The summed E-state index contributed by atoms with van der Waals surface area (Å²) in [6, 6.07) is 29.6. The van der Waals surface area contributed by atoms with Crippen LogP contribution in [0.4, 0.5) is 5.69 Å². The van der Waals surface area contributed by atoms with E-state index in [0.29, 0.717) is 23.1 Å². The lowest BCUT2D eigenvalue weighted by atomic mass is 10.1. The quantitative estimate of drug-likeness (QED) is 0.365. The minimum absolute atomic E-state index is 0.141. The third kappa shape index (κ3) is 5.00. The van der Waals surface area contributed by atoms with Gasteiger partial charge in [0.2, 0.25) is 5.91 Å². The van der Waals surface area contributed by atoms with Gasteiger partial charge in [0.25, 0.3) is 5.56 Å². The number of hydrogen-bond donors (Lipinski definition) is 1. The van der Waals surface area contributed by atoms with Gasteiger partial charge in [-0.05, 0) is 66.9 Å². The molecule has 37 heavy (non-hydrogen) atoms. The Kier molecular flexibility index (Phi) is 6.56. The van der Waals surface area contributed by atoms with Crippen LogP contribution in [0.2, 0.25) is 0 Å². The molecule has 6 heteroatoms. The molecule has 0 aliphatic rings. The number of para-hydroxylation sites is 2. The highest BCUT2D eigenvalue weighted by molar-refractivity contribution is 5.92. The Balaban J connectivity index is 1.51. The fourth-order valence-electron chi connectivity index (χ4n) is 4.52. The molecule has 4 aromatic carbocycles. The number of fused-ring (bicyclic) bond motifs is 1. The number of anilines is 1. The Morgan fingerprint density at radius 1 is 0.811 bits per heavy atom. The second-order valence-corrected chi connectivity index (χ2v) is 9.21. The van der Waals surface area contributed by atoms with Crippen LogP contribution in [0.3, 0.4) is 0 Å². The van der Waals surface area contributed by atoms with Crippen LogP contribution >= 0.6 is 0 Å². The number of hydrogen-bond acceptors (Lipinski definition) is 3. The second-order valence-electron chi connectivity index (χ2n) is 9.21. The predicted octanol–water partition coefficient (Wildman–Crippen LogP) is 5.00. The van der Waals surface area contributed by atoms with Crippen molar-refractivity contribution in [2.45, 2.75) is 26.8 Å². The van der Waals surface area contributed by atoms with E-state index in [4.69, 9.17) is 0 Å². The monoisotopic (exact) mass is 489 g/mol. The van der Waals surface area contributed by atoms with E-state index in [1.54, 1.807) is 41.0 Å². The average Bonchev–Trinajstić information content (AvgIpc) is 2.90.